The van der Waals surface area contributed by atoms with Gasteiger partial charge in [-0.15, -0.1) is 0 Å². The van der Waals surface area contributed by atoms with E-state index in [2.05, 4.69) is 10.2 Å². The maximum Gasteiger partial charge on any atom is 0.231 e. The summed E-state index contributed by atoms with van der Waals surface area (Å²) in [5.41, 5.74) is 7.27. The summed E-state index contributed by atoms with van der Waals surface area (Å²) in [5, 5.41) is 7.00. The molecule has 3 N–H and O–H groups in total. The second-order valence-corrected chi connectivity index (χ2v) is 3.74. The Labute approximate surface area is 96.1 Å². The minimum atomic E-state index is 0.194. The largest absolute Gasteiger partial charge is 0.454 e. The van der Waals surface area contributed by atoms with Crippen molar-refractivity contribution in [3.05, 3.63) is 23.4 Å². The SMILES string of the molecule is Nc1[nH]ncc1-c1ccc2c(c1Cl)OCO2. The van der Waals surface area contributed by atoms with Crippen LogP contribution >= 0.6 is 11.6 Å². The summed E-state index contributed by atoms with van der Waals surface area (Å²) in [6, 6.07) is 3.63. The number of aromatic amines is 1. The number of aromatic nitrogens is 2. The number of nitrogens with two attached hydrogens (primary N) is 1. The van der Waals surface area contributed by atoms with Crippen LogP contribution in [0.1, 0.15) is 0 Å². The molecule has 1 aliphatic heterocycles. The molecule has 0 amide bonds. The molecular weight excluding hydrogens is 230 g/mol. The van der Waals surface area contributed by atoms with Gasteiger partial charge in [0.2, 0.25) is 6.79 Å². The van der Waals surface area contributed by atoms with Crippen LogP contribution in [0.2, 0.25) is 5.02 Å². The maximum absolute atomic E-state index is 6.22. The first-order valence-electron chi connectivity index (χ1n) is 4.64. The van der Waals surface area contributed by atoms with Gasteiger partial charge in [-0.25, -0.2) is 0 Å². The quantitative estimate of drug-likeness (QED) is 0.796. The number of fused-ring (bicyclic) bond motifs is 1. The first kappa shape index (κ1) is 9.35. The van der Waals surface area contributed by atoms with Crippen LogP contribution in [-0.2, 0) is 0 Å². The average molecular weight is 238 g/mol. The van der Waals surface area contributed by atoms with Crippen LogP contribution in [0.25, 0.3) is 11.1 Å². The molecule has 1 aromatic heterocycles. The van der Waals surface area contributed by atoms with Gasteiger partial charge in [-0.1, -0.05) is 11.6 Å². The number of benzene rings is 1. The minimum absolute atomic E-state index is 0.194. The van der Waals surface area contributed by atoms with Crippen molar-refractivity contribution in [2.75, 3.05) is 12.5 Å². The summed E-state index contributed by atoms with van der Waals surface area (Å²) < 4.78 is 10.5. The third kappa shape index (κ3) is 1.22. The molecule has 0 spiro atoms. The second kappa shape index (κ2) is 3.31. The van der Waals surface area contributed by atoms with Crippen LogP contribution in [0.15, 0.2) is 18.3 Å². The summed E-state index contributed by atoms with van der Waals surface area (Å²) in [4.78, 5) is 0. The molecule has 0 atom stereocenters. The van der Waals surface area contributed by atoms with Crippen LogP contribution in [0.4, 0.5) is 5.82 Å². The Balaban J connectivity index is 2.20. The number of ether oxygens (including phenoxy) is 2. The Morgan fingerprint density at radius 3 is 2.94 bits per heavy atom. The molecule has 0 unspecified atom stereocenters. The van der Waals surface area contributed by atoms with Gasteiger partial charge in [0, 0.05) is 11.1 Å². The van der Waals surface area contributed by atoms with E-state index in [0.717, 1.165) is 11.1 Å². The normalized spacial score (nSPS) is 13.1. The van der Waals surface area contributed by atoms with E-state index in [0.29, 0.717) is 22.3 Å². The lowest BCUT2D eigenvalue weighted by atomic mass is 10.1. The van der Waals surface area contributed by atoms with E-state index in [9.17, 15) is 0 Å². The van der Waals surface area contributed by atoms with Crippen molar-refractivity contribution >= 4 is 17.4 Å². The van der Waals surface area contributed by atoms with Gasteiger partial charge in [0.15, 0.2) is 11.5 Å². The molecule has 0 radical (unpaired) electrons. The van der Waals surface area contributed by atoms with Gasteiger partial charge in [-0.2, -0.15) is 5.10 Å². The highest BCUT2D eigenvalue weighted by atomic mass is 35.5. The third-order valence-corrected chi connectivity index (χ3v) is 2.81. The first-order chi connectivity index (χ1) is 7.77. The molecule has 0 bridgehead atoms. The number of nitrogens with zero attached hydrogens (tertiary/aromatic N) is 1. The Morgan fingerprint density at radius 1 is 1.31 bits per heavy atom. The van der Waals surface area contributed by atoms with E-state index in [1.165, 1.54) is 0 Å². The van der Waals surface area contributed by atoms with Gasteiger partial charge < -0.3 is 15.2 Å². The molecule has 5 nitrogen and oxygen atoms in total. The van der Waals surface area contributed by atoms with E-state index in [4.69, 9.17) is 26.8 Å². The molecule has 0 saturated carbocycles. The molecule has 82 valence electrons. The molecule has 6 heteroatoms. The predicted molar refractivity (Wildman–Crippen MR) is 59.6 cm³/mol. The lowest BCUT2D eigenvalue weighted by Gasteiger charge is -2.05. The van der Waals surface area contributed by atoms with Gasteiger partial charge in [-0.3, -0.25) is 5.10 Å². The molecule has 1 aromatic carbocycles. The minimum Gasteiger partial charge on any atom is -0.454 e. The van der Waals surface area contributed by atoms with Gasteiger partial charge in [-0.05, 0) is 12.1 Å². The van der Waals surface area contributed by atoms with Crippen LogP contribution in [-0.4, -0.2) is 17.0 Å². The molecule has 0 aliphatic carbocycles. The number of anilines is 1. The van der Waals surface area contributed by atoms with E-state index in [1.807, 2.05) is 6.07 Å². The fourth-order valence-corrected chi connectivity index (χ4v) is 1.97. The van der Waals surface area contributed by atoms with Crippen LogP contribution in [0.3, 0.4) is 0 Å². The van der Waals surface area contributed by atoms with E-state index >= 15 is 0 Å². The lowest BCUT2D eigenvalue weighted by Crippen LogP contribution is -1.93. The summed E-state index contributed by atoms with van der Waals surface area (Å²) in [5.74, 6) is 1.68. The van der Waals surface area contributed by atoms with Crippen molar-refractivity contribution in [2.45, 2.75) is 0 Å². The fraction of sp³-hybridized carbons (Fsp3) is 0.100. The van der Waals surface area contributed by atoms with Crippen molar-refractivity contribution in [3.8, 4) is 22.6 Å². The van der Waals surface area contributed by atoms with Gasteiger partial charge in [0.25, 0.3) is 0 Å². The van der Waals surface area contributed by atoms with Crippen molar-refractivity contribution in [3.63, 3.8) is 0 Å². The zero-order chi connectivity index (χ0) is 11.1. The topological polar surface area (TPSA) is 73.2 Å². The number of rotatable bonds is 1. The number of nitrogens with one attached hydrogen (secondary N) is 1. The second-order valence-electron chi connectivity index (χ2n) is 3.36. The standard InChI is InChI=1S/C10H8ClN3O2/c11-8-5(6-3-13-14-10(6)12)1-2-7-9(8)16-4-15-7/h1-3H,4H2,(H3,12,13,14). The van der Waals surface area contributed by atoms with Crippen LogP contribution < -0.4 is 15.2 Å². The van der Waals surface area contributed by atoms with Crippen molar-refractivity contribution in [1.29, 1.82) is 0 Å². The third-order valence-electron chi connectivity index (χ3n) is 2.44. The number of H-pyrrole nitrogens is 1. The van der Waals surface area contributed by atoms with Gasteiger partial charge in [0.1, 0.15) is 5.82 Å². The number of nitrogen functional groups attached to an aromatic ring is 1. The molecule has 0 saturated heterocycles. The van der Waals surface area contributed by atoms with Crippen molar-refractivity contribution < 1.29 is 9.47 Å². The van der Waals surface area contributed by atoms with Crippen LogP contribution in [0.5, 0.6) is 11.5 Å². The van der Waals surface area contributed by atoms with Gasteiger partial charge in [0.05, 0.1) is 11.2 Å². The molecule has 1 aliphatic rings. The summed E-state index contributed by atoms with van der Waals surface area (Å²) in [6.07, 6.45) is 1.62. The van der Waals surface area contributed by atoms with E-state index in [-0.39, 0.29) is 6.79 Å². The number of hydrogen-bond donors (Lipinski definition) is 2. The van der Waals surface area contributed by atoms with E-state index < -0.39 is 0 Å². The zero-order valence-corrected chi connectivity index (χ0v) is 8.91. The van der Waals surface area contributed by atoms with Crippen molar-refractivity contribution in [2.24, 2.45) is 0 Å². The maximum atomic E-state index is 6.22. The first-order valence-corrected chi connectivity index (χ1v) is 5.02. The Hall–Kier alpha value is -1.88. The number of halogens is 1. The number of hydrogen-bond acceptors (Lipinski definition) is 4. The molecule has 2 aromatic rings. The summed E-state index contributed by atoms with van der Waals surface area (Å²) >= 11 is 6.22. The lowest BCUT2D eigenvalue weighted by molar-refractivity contribution is 0.174. The smallest absolute Gasteiger partial charge is 0.231 e. The summed E-state index contributed by atoms with van der Waals surface area (Å²) in [7, 11) is 0. The highest BCUT2D eigenvalue weighted by molar-refractivity contribution is 6.35. The van der Waals surface area contributed by atoms with Gasteiger partial charge >= 0.3 is 0 Å². The molecule has 2 heterocycles. The fourth-order valence-electron chi connectivity index (χ4n) is 1.66. The van der Waals surface area contributed by atoms with E-state index in [1.54, 1.807) is 12.3 Å². The predicted octanol–water partition coefficient (Wildman–Crippen LogP) is 2.04. The Morgan fingerprint density at radius 2 is 2.19 bits per heavy atom. The molecule has 16 heavy (non-hydrogen) atoms. The molecule has 0 fully saturated rings. The molecular formula is C10H8ClN3O2. The highest BCUT2D eigenvalue weighted by Crippen LogP contribution is 2.45. The highest BCUT2D eigenvalue weighted by Gasteiger charge is 2.21. The molecule has 3 rings (SSSR count). The monoisotopic (exact) mass is 237 g/mol. The van der Waals surface area contributed by atoms with Crippen molar-refractivity contribution in [1.82, 2.24) is 10.2 Å². The Bertz CT molecular complexity index is 553. The summed E-state index contributed by atoms with van der Waals surface area (Å²) in [6.45, 7) is 0.194. The zero-order valence-electron chi connectivity index (χ0n) is 8.16. The Kier molecular flexibility index (Phi) is 1.94. The average Bonchev–Trinajstić information content (AvgIpc) is 2.88. The van der Waals surface area contributed by atoms with Crippen LogP contribution in [0, 0.1) is 0 Å².